The van der Waals surface area contributed by atoms with Gasteiger partial charge in [0.15, 0.2) is 0 Å². The normalized spacial score (nSPS) is 19.5. The molecule has 1 heterocycles. The van der Waals surface area contributed by atoms with Crippen molar-refractivity contribution in [3.8, 4) is 5.75 Å². The second-order valence-corrected chi connectivity index (χ2v) is 11.1. The highest BCUT2D eigenvalue weighted by atomic mass is 19.1. The molecule has 3 aliphatic rings. The molecule has 0 bridgehead atoms. The fourth-order valence-electron chi connectivity index (χ4n) is 5.99. The van der Waals surface area contributed by atoms with E-state index in [0.717, 1.165) is 69.6 Å². The Bertz CT molecular complexity index is 1330. The van der Waals surface area contributed by atoms with E-state index in [4.69, 9.17) is 4.74 Å². The topological polar surface area (TPSA) is 41.6 Å². The summed E-state index contributed by atoms with van der Waals surface area (Å²) in [6, 6.07) is 25.7. The van der Waals surface area contributed by atoms with E-state index in [2.05, 4.69) is 83.0 Å². The van der Waals surface area contributed by atoms with Gasteiger partial charge in [-0.05, 0) is 103 Å². The molecule has 1 atom stereocenters. The summed E-state index contributed by atoms with van der Waals surface area (Å²) in [5.41, 5.74) is 8.47. The van der Waals surface area contributed by atoms with Crippen molar-refractivity contribution in [3.63, 3.8) is 0 Å². The minimum Gasteiger partial charge on any atom is -0.489 e. The van der Waals surface area contributed by atoms with E-state index in [1.165, 1.54) is 33.4 Å². The number of anilines is 1. The summed E-state index contributed by atoms with van der Waals surface area (Å²) < 4.78 is 18.9. The predicted molar refractivity (Wildman–Crippen MR) is 156 cm³/mol. The van der Waals surface area contributed by atoms with Crippen LogP contribution >= 0.6 is 0 Å². The number of benzene rings is 3. The number of hydrogen-bond acceptors (Lipinski definition) is 3. The molecule has 1 amide bonds. The van der Waals surface area contributed by atoms with E-state index in [0.29, 0.717) is 6.42 Å². The molecule has 3 aromatic carbocycles. The Hall–Kier alpha value is -3.44. The number of fused-ring (bicyclic) bond motifs is 1. The van der Waals surface area contributed by atoms with Gasteiger partial charge in [-0.15, -0.1) is 0 Å². The maximum Gasteiger partial charge on any atom is 0.227 e. The molecule has 6 rings (SSSR count). The minimum atomic E-state index is -0.260. The van der Waals surface area contributed by atoms with Crippen molar-refractivity contribution in [3.05, 3.63) is 95.1 Å². The highest BCUT2D eigenvalue weighted by Crippen LogP contribution is 2.41. The Morgan fingerprint density at radius 3 is 2.54 bits per heavy atom. The van der Waals surface area contributed by atoms with Crippen LogP contribution in [0.5, 0.6) is 5.75 Å². The zero-order valence-corrected chi connectivity index (χ0v) is 22.5. The molecular formula is C34H37FN2O2. The van der Waals surface area contributed by atoms with Crippen LogP contribution in [0, 0.1) is 5.92 Å². The molecule has 39 heavy (non-hydrogen) atoms. The summed E-state index contributed by atoms with van der Waals surface area (Å²) >= 11 is 0. The third-order valence-electron chi connectivity index (χ3n) is 8.17. The Kier molecular flexibility index (Phi) is 7.78. The third kappa shape index (κ3) is 6.09. The number of ether oxygens (including phenoxy) is 1. The zero-order valence-electron chi connectivity index (χ0n) is 22.5. The molecule has 1 aliphatic heterocycles. The molecule has 3 aromatic rings. The van der Waals surface area contributed by atoms with Gasteiger partial charge < -0.3 is 10.1 Å². The highest BCUT2D eigenvalue weighted by molar-refractivity contribution is 6.01. The molecule has 4 nitrogen and oxygen atoms in total. The molecule has 2 fully saturated rings. The Labute approximate surface area is 230 Å². The first-order valence-corrected chi connectivity index (χ1v) is 14.5. The quantitative estimate of drug-likeness (QED) is 0.323. The molecule has 1 N–H and O–H groups in total. The van der Waals surface area contributed by atoms with Crippen molar-refractivity contribution >= 4 is 22.7 Å². The summed E-state index contributed by atoms with van der Waals surface area (Å²) in [6.07, 6.45) is 6.75. The van der Waals surface area contributed by atoms with Gasteiger partial charge >= 0.3 is 0 Å². The van der Waals surface area contributed by atoms with Crippen LogP contribution in [0.3, 0.4) is 0 Å². The first kappa shape index (κ1) is 25.8. The highest BCUT2D eigenvalue weighted by Gasteiger charge is 2.30. The molecule has 2 aliphatic carbocycles. The number of aryl methyl sites for hydroxylation is 1. The van der Waals surface area contributed by atoms with Crippen LogP contribution in [0.25, 0.3) is 11.1 Å². The van der Waals surface area contributed by atoms with Gasteiger partial charge in [0.2, 0.25) is 5.91 Å². The van der Waals surface area contributed by atoms with Gasteiger partial charge in [0.25, 0.3) is 0 Å². The number of alkyl halides is 1. The Morgan fingerprint density at radius 1 is 0.949 bits per heavy atom. The number of likely N-dealkylation sites (tertiary alicyclic amines) is 1. The lowest BCUT2D eigenvalue weighted by atomic mass is 9.87. The maximum absolute atomic E-state index is 12.6. The Balaban J connectivity index is 1.29. The van der Waals surface area contributed by atoms with Crippen molar-refractivity contribution in [2.24, 2.45) is 5.92 Å². The molecular weight excluding hydrogens is 487 g/mol. The average molecular weight is 525 g/mol. The third-order valence-corrected chi connectivity index (χ3v) is 8.17. The lowest BCUT2D eigenvalue weighted by Gasteiger charge is -2.19. The van der Waals surface area contributed by atoms with Crippen molar-refractivity contribution < 1.29 is 13.9 Å². The molecule has 202 valence electrons. The number of carbonyl (C=O) groups excluding carboxylic acids is 1. The second-order valence-electron chi connectivity index (χ2n) is 11.1. The summed E-state index contributed by atoms with van der Waals surface area (Å²) in [6.45, 7) is 2.37. The van der Waals surface area contributed by atoms with E-state index in [1.807, 2.05) is 0 Å². The van der Waals surface area contributed by atoms with Crippen LogP contribution in [0.4, 0.5) is 10.1 Å². The van der Waals surface area contributed by atoms with Gasteiger partial charge in [0.05, 0.1) is 6.67 Å². The fraction of sp³-hybridized carbons (Fsp3) is 0.382. The summed E-state index contributed by atoms with van der Waals surface area (Å²) in [7, 11) is 0. The van der Waals surface area contributed by atoms with Crippen LogP contribution in [-0.4, -0.2) is 43.2 Å². The molecule has 1 saturated carbocycles. The number of allylic oxidation sites excluding steroid dienone is 1. The molecule has 0 radical (unpaired) electrons. The predicted octanol–water partition coefficient (Wildman–Crippen LogP) is 7.14. The number of carbonyl (C=O) groups is 1. The van der Waals surface area contributed by atoms with Gasteiger partial charge in [-0.25, -0.2) is 0 Å². The fourth-order valence-corrected chi connectivity index (χ4v) is 5.99. The van der Waals surface area contributed by atoms with Crippen LogP contribution in [0.1, 0.15) is 60.8 Å². The van der Waals surface area contributed by atoms with Gasteiger partial charge in [-0.2, -0.15) is 0 Å². The SMILES string of the molecule is O=C(Nc1ccc2c(c1)CCCC(c1ccccc1)=C2c1ccc(OC2CCN(CCCF)C2)cc1)C1CC1. The number of halogens is 1. The summed E-state index contributed by atoms with van der Waals surface area (Å²) in [5, 5.41) is 3.13. The van der Waals surface area contributed by atoms with Crippen molar-refractivity contribution in [1.82, 2.24) is 4.90 Å². The van der Waals surface area contributed by atoms with E-state index in [1.54, 1.807) is 0 Å². The molecule has 1 unspecified atom stereocenters. The maximum atomic E-state index is 12.6. The minimum absolute atomic E-state index is 0.146. The van der Waals surface area contributed by atoms with Gasteiger partial charge in [0, 0.05) is 31.2 Å². The largest absolute Gasteiger partial charge is 0.489 e. The molecule has 0 spiro atoms. The van der Waals surface area contributed by atoms with Gasteiger partial charge in [0.1, 0.15) is 11.9 Å². The molecule has 1 saturated heterocycles. The lowest BCUT2D eigenvalue weighted by molar-refractivity contribution is -0.117. The van der Waals surface area contributed by atoms with Crippen molar-refractivity contribution in [1.29, 1.82) is 0 Å². The van der Waals surface area contributed by atoms with Crippen LogP contribution in [0.2, 0.25) is 0 Å². The number of amides is 1. The second kappa shape index (κ2) is 11.7. The van der Waals surface area contributed by atoms with Crippen LogP contribution in [-0.2, 0) is 11.2 Å². The number of rotatable bonds is 9. The molecule has 5 heteroatoms. The van der Waals surface area contributed by atoms with Crippen molar-refractivity contribution in [2.75, 3.05) is 31.6 Å². The smallest absolute Gasteiger partial charge is 0.227 e. The van der Waals surface area contributed by atoms with E-state index in [9.17, 15) is 9.18 Å². The average Bonchev–Trinajstić information content (AvgIpc) is 3.76. The lowest BCUT2D eigenvalue weighted by Crippen LogP contribution is -2.26. The Morgan fingerprint density at radius 2 is 1.77 bits per heavy atom. The zero-order chi connectivity index (χ0) is 26.6. The molecule has 0 aromatic heterocycles. The van der Waals surface area contributed by atoms with E-state index >= 15 is 0 Å². The standard InChI is InChI=1S/C34H37FN2O2/c35-19-5-20-37-21-18-30(23-37)39-29-15-12-25(13-16-29)33-31(24-6-2-1-3-7-24)9-4-8-27-22-28(14-17-32(27)33)36-34(38)26-10-11-26/h1-3,6-7,12-17,22,26,30H,4-5,8-11,18-21,23H2,(H,36,38). The summed E-state index contributed by atoms with van der Waals surface area (Å²) in [5.74, 6) is 1.21. The first-order chi connectivity index (χ1) is 19.2. The number of hydrogen-bond donors (Lipinski definition) is 1. The van der Waals surface area contributed by atoms with Crippen LogP contribution < -0.4 is 10.1 Å². The van der Waals surface area contributed by atoms with E-state index in [-0.39, 0.29) is 24.6 Å². The monoisotopic (exact) mass is 524 g/mol. The van der Waals surface area contributed by atoms with Gasteiger partial charge in [-0.1, -0.05) is 48.5 Å². The number of nitrogens with zero attached hydrogens (tertiary/aromatic N) is 1. The number of nitrogens with one attached hydrogen (secondary N) is 1. The van der Waals surface area contributed by atoms with Crippen LogP contribution in [0.15, 0.2) is 72.8 Å². The van der Waals surface area contributed by atoms with Crippen molar-refractivity contribution in [2.45, 2.75) is 51.0 Å². The summed E-state index contributed by atoms with van der Waals surface area (Å²) in [4.78, 5) is 14.7. The first-order valence-electron chi connectivity index (χ1n) is 14.5. The van der Waals surface area contributed by atoms with Gasteiger partial charge in [-0.3, -0.25) is 14.1 Å². The van der Waals surface area contributed by atoms with E-state index < -0.39 is 0 Å².